The number of piperidine rings is 1. The number of benzene rings is 1. The summed E-state index contributed by atoms with van der Waals surface area (Å²) in [6.07, 6.45) is 1.72. The lowest BCUT2D eigenvalue weighted by Crippen LogP contribution is -2.62. The van der Waals surface area contributed by atoms with Crippen molar-refractivity contribution in [2.75, 3.05) is 0 Å². The lowest BCUT2D eigenvalue weighted by Gasteiger charge is -2.52. The van der Waals surface area contributed by atoms with Gasteiger partial charge in [0.2, 0.25) is 0 Å². The van der Waals surface area contributed by atoms with E-state index >= 15 is 0 Å². The lowest BCUT2D eigenvalue weighted by atomic mass is 9.80. The number of hydrogen-bond acceptors (Lipinski definition) is 4. The minimum atomic E-state index is -0.375. The van der Waals surface area contributed by atoms with Crippen molar-refractivity contribution in [3.05, 3.63) is 48.0 Å². The first-order chi connectivity index (χ1) is 11.1. The third kappa shape index (κ3) is 4.46. The quantitative estimate of drug-likeness (QED) is 0.756. The smallest absolute Gasteiger partial charge is 0.352 e. The Labute approximate surface area is 145 Å². The fourth-order valence-electron chi connectivity index (χ4n) is 3.49. The number of hydroxylamine groups is 2. The third-order valence-electron chi connectivity index (χ3n) is 4.41. The fourth-order valence-corrected chi connectivity index (χ4v) is 3.49. The molecule has 4 heteroatoms. The highest BCUT2D eigenvalue weighted by Gasteiger charge is 2.48. The van der Waals surface area contributed by atoms with Gasteiger partial charge in [0, 0.05) is 5.57 Å². The van der Waals surface area contributed by atoms with Crippen LogP contribution in [0.5, 0.6) is 0 Å². The summed E-state index contributed by atoms with van der Waals surface area (Å²) in [6, 6.07) is 10.2. The number of hydrogen-bond donors (Lipinski definition) is 0. The first kappa shape index (κ1) is 18.7. The van der Waals surface area contributed by atoms with Gasteiger partial charge in [-0.2, -0.15) is 0 Å². The summed E-state index contributed by atoms with van der Waals surface area (Å²) in [7, 11) is 0. The van der Waals surface area contributed by atoms with E-state index in [4.69, 9.17) is 9.57 Å². The summed E-state index contributed by atoms with van der Waals surface area (Å²) < 4.78 is 6.16. The van der Waals surface area contributed by atoms with E-state index in [0.29, 0.717) is 12.2 Å². The predicted molar refractivity (Wildman–Crippen MR) is 95.2 cm³/mol. The second-order valence-corrected chi connectivity index (χ2v) is 7.91. The van der Waals surface area contributed by atoms with E-state index in [1.807, 2.05) is 23.3 Å². The highest BCUT2D eigenvalue weighted by molar-refractivity contribution is 5.86. The molecule has 132 valence electrons. The molecule has 1 aliphatic rings. The van der Waals surface area contributed by atoms with Crippen LogP contribution in [0.4, 0.5) is 0 Å². The van der Waals surface area contributed by atoms with Gasteiger partial charge < -0.3 is 9.57 Å². The molecule has 0 aromatic heterocycles. The van der Waals surface area contributed by atoms with Crippen molar-refractivity contribution in [1.29, 1.82) is 0 Å². The molecule has 0 unspecified atom stereocenters. The molecule has 0 saturated carbocycles. The maximum atomic E-state index is 12.0. The Kier molecular flexibility index (Phi) is 5.51. The van der Waals surface area contributed by atoms with E-state index in [-0.39, 0.29) is 23.2 Å². The fraction of sp³-hybridized carbons (Fsp3) is 0.550. The Bertz CT molecular complexity index is 574. The Morgan fingerprint density at radius 1 is 1.17 bits per heavy atom. The van der Waals surface area contributed by atoms with Gasteiger partial charge in [-0.25, -0.2) is 4.79 Å². The second-order valence-electron chi connectivity index (χ2n) is 7.91. The zero-order valence-corrected chi connectivity index (χ0v) is 15.5. The molecule has 0 atom stereocenters. The Balaban J connectivity index is 2.05. The molecular weight excluding hydrogens is 302 g/mol. The minimum absolute atomic E-state index is 0.120. The van der Waals surface area contributed by atoms with Crippen LogP contribution in [0.1, 0.15) is 53.0 Å². The molecule has 1 aliphatic heterocycles. The molecule has 1 aromatic rings. The van der Waals surface area contributed by atoms with Gasteiger partial charge in [0.15, 0.2) is 0 Å². The molecule has 1 saturated heterocycles. The van der Waals surface area contributed by atoms with Crippen LogP contribution in [0.15, 0.2) is 42.5 Å². The summed E-state index contributed by atoms with van der Waals surface area (Å²) in [4.78, 5) is 17.6. The van der Waals surface area contributed by atoms with Gasteiger partial charge in [0.05, 0.1) is 23.8 Å². The van der Waals surface area contributed by atoms with E-state index < -0.39 is 0 Å². The molecular formula is C20H29NO3. The number of nitrogens with zero attached hydrogens (tertiary/aromatic N) is 1. The number of carbonyl (C=O) groups excluding carboxylic acids is 1. The monoisotopic (exact) mass is 331 g/mol. The van der Waals surface area contributed by atoms with Crippen LogP contribution in [0, 0.1) is 0 Å². The summed E-state index contributed by atoms with van der Waals surface area (Å²) in [6.45, 7) is 14.3. The molecule has 0 bridgehead atoms. The molecule has 4 nitrogen and oxygen atoms in total. The maximum Gasteiger partial charge on any atom is 0.352 e. The molecule has 0 spiro atoms. The average molecular weight is 331 g/mol. The van der Waals surface area contributed by atoms with E-state index in [0.717, 1.165) is 12.8 Å². The van der Waals surface area contributed by atoms with Crippen molar-refractivity contribution in [3.63, 3.8) is 0 Å². The van der Waals surface area contributed by atoms with Crippen molar-refractivity contribution in [3.8, 4) is 0 Å². The summed E-state index contributed by atoms with van der Waals surface area (Å²) in [5.41, 5.74) is 0.955. The minimum Gasteiger partial charge on any atom is -0.373 e. The van der Waals surface area contributed by atoms with Crippen molar-refractivity contribution in [2.24, 2.45) is 0 Å². The molecule has 1 heterocycles. The normalized spacial score (nSPS) is 20.5. The molecule has 0 radical (unpaired) electrons. The van der Waals surface area contributed by atoms with Crippen LogP contribution in [0.3, 0.4) is 0 Å². The van der Waals surface area contributed by atoms with Gasteiger partial charge >= 0.3 is 5.97 Å². The van der Waals surface area contributed by atoms with Crippen LogP contribution in [0.2, 0.25) is 0 Å². The van der Waals surface area contributed by atoms with Gasteiger partial charge in [0.25, 0.3) is 0 Å². The van der Waals surface area contributed by atoms with E-state index in [2.05, 4.69) is 46.4 Å². The third-order valence-corrected chi connectivity index (χ3v) is 4.41. The second kappa shape index (κ2) is 7.08. The zero-order chi connectivity index (χ0) is 18.0. The van der Waals surface area contributed by atoms with E-state index in [1.54, 1.807) is 6.92 Å². The Hall–Kier alpha value is -1.65. The molecule has 1 aromatic carbocycles. The number of carbonyl (C=O) groups is 1. The molecule has 1 fully saturated rings. The van der Waals surface area contributed by atoms with Crippen LogP contribution in [-0.2, 0) is 21.0 Å². The molecule has 2 rings (SSSR count). The van der Waals surface area contributed by atoms with Crippen LogP contribution in [-0.4, -0.2) is 28.2 Å². The van der Waals surface area contributed by atoms with Crippen LogP contribution >= 0.6 is 0 Å². The van der Waals surface area contributed by atoms with E-state index in [9.17, 15) is 4.79 Å². The van der Waals surface area contributed by atoms with Gasteiger partial charge in [0.1, 0.15) is 0 Å². The maximum absolute atomic E-state index is 12.0. The average Bonchev–Trinajstić information content (AvgIpc) is 2.49. The van der Waals surface area contributed by atoms with E-state index in [1.165, 1.54) is 5.56 Å². The summed E-state index contributed by atoms with van der Waals surface area (Å²) >= 11 is 0. The summed E-state index contributed by atoms with van der Waals surface area (Å²) in [5.74, 6) is -0.375. The molecule has 0 aliphatic carbocycles. The topological polar surface area (TPSA) is 38.8 Å². The first-order valence-electron chi connectivity index (χ1n) is 8.45. The first-order valence-corrected chi connectivity index (χ1v) is 8.45. The Morgan fingerprint density at radius 3 is 2.21 bits per heavy atom. The molecule has 24 heavy (non-hydrogen) atoms. The predicted octanol–water partition coefficient (Wildman–Crippen LogP) is 4.26. The summed E-state index contributed by atoms with van der Waals surface area (Å²) in [5, 5.41) is 1.82. The van der Waals surface area contributed by atoms with Crippen molar-refractivity contribution >= 4 is 5.97 Å². The SMILES string of the molecule is C=C(C)C(=O)ON1C(C)(C)CC(OCc2ccccc2)CC1(C)C. The number of ether oxygens (including phenoxy) is 1. The van der Waals surface area contributed by atoms with Crippen LogP contribution in [0.25, 0.3) is 0 Å². The zero-order valence-electron chi connectivity index (χ0n) is 15.5. The van der Waals surface area contributed by atoms with Gasteiger partial charge in [-0.1, -0.05) is 36.9 Å². The number of rotatable bonds is 5. The standard InChI is InChI=1S/C20H29NO3/c1-15(2)18(22)24-21-19(3,4)12-17(13-20(21,5)6)23-14-16-10-8-7-9-11-16/h7-11,17H,1,12-14H2,2-6H3. The highest BCUT2D eigenvalue weighted by atomic mass is 16.7. The molecule has 0 amide bonds. The van der Waals surface area contributed by atoms with Crippen molar-refractivity contribution in [2.45, 2.75) is 71.2 Å². The van der Waals surface area contributed by atoms with Gasteiger partial charge in [-0.05, 0) is 53.0 Å². The Morgan fingerprint density at radius 2 is 1.71 bits per heavy atom. The van der Waals surface area contributed by atoms with Crippen molar-refractivity contribution < 1.29 is 14.4 Å². The van der Waals surface area contributed by atoms with Gasteiger partial charge in [-0.15, -0.1) is 5.06 Å². The largest absolute Gasteiger partial charge is 0.373 e. The van der Waals surface area contributed by atoms with Crippen molar-refractivity contribution in [1.82, 2.24) is 5.06 Å². The van der Waals surface area contributed by atoms with Crippen LogP contribution < -0.4 is 0 Å². The highest BCUT2D eigenvalue weighted by Crippen LogP contribution is 2.40. The lowest BCUT2D eigenvalue weighted by molar-refractivity contribution is -0.276. The van der Waals surface area contributed by atoms with Gasteiger partial charge in [-0.3, -0.25) is 0 Å². The molecule has 0 N–H and O–H groups in total.